The third kappa shape index (κ3) is 4.22. The number of hydrogen-bond acceptors (Lipinski definition) is 6. The molecule has 1 atom stereocenters. The van der Waals surface area contributed by atoms with E-state index in [1.165, 1.54) is 32.4 Å². The summed E-state index contributed by atoms with van der Waals surface area (Å²) in [6, 6.07) is 9.06. The SMILES string of the molecule is CNC(=O)[C@@](O)(CCC=O)N1Cc2c(OCc3cc(OC)ccc3F)cccc2C1=O. The van der Waals surface area contributed by atoms with E-state index in [0.717, 1.165) is 4.90 Å². The lowest BCUT2D eigenvalue weighted by molar-refractivity contribution is -0.159. The number of aldehydes is 1. The number of methoxy groups -OCH3 is 1. The third-order valence-electron chi connectivity index (χ3n) is 5.21. The fraction of sp³-hybridized carbons (Fsp3) is 0.318. The molecule has 1 aliphatic heterocycles. The van der Waals surface area contributed by atoms with E-state index in [1.54, 1.807) is 18.2 Å². The van der Waals surface area contributed by atoms with E-state index in [9.17, 15) is 23.9 Å². The molecule has 164 valence electrons. The number of nitrogens with one attached hydrogen (secondary N) is 1. The Bertz CT molecular complexity index is 1010. The van der Waals surface area contributed by atoms with Crippen LogP contribution in [-0.2, 0) is 22.7 Å². The van der Waals surface area contributed by atoms with Crippen molar-refractivity contribution in [3.05, 3.63) is 58.9 Å². The number of likely N-dealkylation sites (N-methyl/N-ethyl adjacent to an activating group) is 1. The van der Waals surface area contributed by atoms with E-state index in [-0.39, 0.29) is 37.1 Å². The van der Waals surface area contributed by atoms with Gasteiger partial charge in [0.15, 0.2) is 0 Å². The molecule has 31 heavy (non-hydrogen) atoms. The number of carbonyl (C=O) groups is 3. The maximum absolute atomic E-state index is 14.1. The number of ether oxygens (including phenoxy) is 2. The van der Waals surface area contributed by atoms with Gasteiger partial charge < -0.3 is 24.7 Å². The zero-order valence-corrected chi connectivity index (χ0v) is 17.2. The van der Waals surface area contributed by atoms with Crippen LogP contribution in [0.5, 0.6) is 11.5 Å². The highest BCUT2D eigenvalue weighted by molar-refractivity contribution is 6.02. The van der Waals surface area contributed by atoms with Crippen LogP contribution in [0, 0.1) is 5.82 Å². The molecule has 9 heteroatoms. The summed E-state index contributed by atoms with van der Waals surface area (Å²) in [4.78, 5) is 37.1. The Morgan fingerprint density at radius 1 is 1.35 bits per heavy atom. The lowest BCUT2D eigenvalue weighted by atomic mass is 10.0. The number of carbonyl (C=O) groups excluding carboxylic acids is 3. The van der Waals surface area contributed by atoms with Crippen molar-refractivity contribution in [1.29, 1.82) is 0 Å². The maximum atomic E-state index is 14.1. The summed E-state index contributed by atoms with van der Waals surface area (Å²) in [5.41, 5.74) is -1.20. The monoisotopic (exact) mass is 430 g/mol. The molecule has 0 spiro atoms. The first kappa shape index (κ1) is 22.2. The Morgan fingerprint density at radius 2 is 2.13 bits per heavy atom. The minimum absolute atomic E-state index is 0.103. The van der Waals surface area contributed by atoms with E-state index in [4.69, 9.17) is 9.47 Å². The molecule has 0 radical (unpaired) electrons. The topological polar surface area (TPSA) is 105 Å². The fourth-order valence-electron chi connectivity index (χ4n) is 3.51. The van der Waals surface area contributed by atoms with Gasteiger partial charge in [0, 0.05) is 36.6 Å². The van der Waals surface area contributed by atoms with Crippen molar-refractivity contribution in [3.63, 3.8) is 0 Å². The van der Waals surface area contributed by atoms with Crippen LogP contribution in [0.2, 0.25) is 0 Å². The lowest BCUT2D eigenvalue weighted by Gasteiger charge is -2.34. The summed E-state index contributed by atoms with van der Waals surface area (Å²) < 4.78 is 25.0. The van der Waals surface area contributed by atoms with E-state index in [1.807, 2.05) is 0 Å². The second-order valence-electron chi connectivity index (χ2n) is 7.02. The second-order valence-corrected chi connectivity index (χ2v) is 7.02. The van der Waals surface area contributed by atoms with E-state index < -0.39 is 23.4 Å². The van der Waals surface area contributed by atoms with Crippen LogP contribution >= 0.6 is 0 Å². The Morgan fingerprint density at radius 3 is 2.81 bits per heavy atom. The van der Waals surface area contributed by atoms with Crippen molar-refractivity contribution < 1.29 is 33.4 Å². The van der Waals surface area contributed by atoms with Crippen molar-refractivity contribution >= 4 is 18.1 Å². The molecule has 8 nitrogen and oxygen atoms in total. The molecule has 0 fully saturated rings. The van der Waals surface area contributed by atoms with Gasteiger partial charge in [-0.3, -0.25) is 14.5 Å². The molecule has 2 aromatic rings. The maximum Gasteiger partial charge on any atom is 0.273 e. The van der Waals surface area contributed by atoms with Gasteiger partial charge in [-0.15, -0.1) is 0 Å². The summed E-state index contributed by atoms with van der Waals surface area (Å²) in [5.74, 6) is -1.02. The highest BCUT2D eigenvalue weighted by atomic mass is 19.1. The molecule has 0 aromatic heterocycles. The van der Waals surface area contributed by atoms with Crippen molar-refractivity contribution in [2.24, 2.45) is 0 Å². The van der Waals surface area contributed by atoms with Gasteiger partial charge in [0.05, 0.1) is 13.7 Å². The molecule has 0 saturated carbocycles. The average Bonchev–Trinajstić information content (AvgIpc) is 3.14. The van der Waals surface area contributed by atoms with Gasteiger partial charge in [0.2, 0.25) is 5.72 Å². The van der Waals surface area contributed by atoms with Crippen LogP contribution in [0.1, 0.15) is 34.3 Å². The summed E-state index contributed by atoms with van der Waals surface area (Å²) >= 11 is 0. The lowest BCUT2D eigenvalue weighted by Crippen LogP contribution is -2.58. The molecular formula is C22H23FN2O6. The predicted molar refractivity (Wildman–Crippen MR) is 108 cm³/mol. The minimum atomic E-state index is -2.19. The molecule has 0 bridgehead atoms. The molecule has 1 heterocycles. The van der Waals surface area contributed by atoms with Crippen molar-refractivity contribution in [2.45, 2.75) is 31.7 Å². The largest absolute Gasteiger partial charge is 0.497 e. The number of rotatable bonds is 9. The number of fused-ring (bicyclic) bond motifs is 1. The predicted octanol–water partition coefficient (Wildman–Crippen LogP) is 1.78. The molecule has 2 N–H and O–H groups in total. The number of hydrogen-bond donors (Lipinski definition) is 2. The zero-order chi connectivity index (χ0) is 22.6. The molecule has 1 aliphatic rings. The molecule has 2 amide bonds. The molecule has 0 unspecified atom stereocenters. The summed E-state index contributed by atoms with van der Waals surface area (Å²) in [5, 5.41) is 13.3. The molecule has 2 aromatic carbocycles. The quantitative estimate of drug-likeness (QED) is 0.588. The Labute approximate surface area is 178 Å². The molecule has 3 rings (SSSR count). The normalized spacial score (nSPS) is 14.6. The van der Waals surface area contributed by atoms with Gasteiger partial charge in [0.1, 0.15) is 30.2 Å². The number of nitrogens with zero attached hydrogens (tertiary/aromatic N) is 1. The van der Waals surface area contributed by atoms with Crippen LogP contribution in [0.4, 0.5) is 4.39 Å². The minimum Gasteiger partial charge on any atom is -0.497 e. The second kappa shape index (κ2) is 9.13. The van der Waals surface area contributed by atoms with Crippen LogP contribution in [-0.4, -0.2) is 48.0 Å². The van der Waals surface area contributed by atoms with Crippen LogP contribution in [0.3, 0.4) is 0 Å². The van der Waals surface area contributed by atoms with Crippen LogP contribution in [0.15, 0.2) is 36.4 Å². The van der Waals surface area contributed by atoms with Crippen molar-refractivity contribution in [2.75, 3.05) is 14.2 Å². The first-order valence-electron chi connectivity index (χ1n) is 9.63. The van der Waals surface area contributed by atoms with Gasteiger partial charge in [-0.25, -0.2) is 4.39 Å². The first-order chi connectivity index (χ1) is 14.8. The molecule has 0 aliphatic carbocycles. The summed E-state index contributed by atoms with van der Waals surface area (Å²) in [6.07, 6.45) is 0.211. The van der Waals surface area contributed by atoms with Gasteiger partial charge in [-0.2, -0.15) is 0 Å². The van der Waals surface area contributed by atoms with Crippen LogP contribution < -0.4 is 14.8 Å². The Balaban J connectivity index is 1.87. The highest BCUT2D eigenvalue weighted by Crippen LogP contribution is 2.36. The highest BCUT2D eigenvalue weighted by Gasteiger charge is 2.48. The van der Waals surface area contributed by atoms with E-state index >= 15 is 0 Å². The van der Waals surface area contributed by atoms with Gasteiger partial charge in [-0.1, -0.05) is 6.07 Å². The van der Waals surface area contributed by atoms with Gasteiger partial charge in [-0.05, 0) is 30.3 Å². The van der Waals surface area contributed by atoms with Gasteiger partial charge in [0.25, 0.3) is 11.8 Å². The van der Waals surface area contributed by atoms with E-state index in [2.05, 4.69) is 5.32 Å². The average molecular weight is 430 g/mol. The molecular weight excluding hydrogens is 407 g/mol. The smallest absolute Gasteiger partial charge is 0.273 e. The Hall–Kier alpha value is -3.46. The number of amides is 2. The zero-order valence-electron chi connectivity index (χ0n) is 17.2. The number of benzene rings is 2. The first-order valence-corrected chi connectivity index (χ1v) is 9.63. The summed E-state index contributed by atoms with van der Waals surface area (Å²) in [6.45, 7) is -0.216. The number of halogens is 1. The van der Waals surface area contributed by atoms with Crippen molar-refractivity contribution in [3.8, 4) is 11.5 Å². The van der Waals surface area contributed by atoms with E-state index in [0.29, 0.717) is 23.3 Å². The van der Waals surface area contributed by atoms with Gasteiger partial charge >= 0.3 is 0 Å². The molecule has 0 saturated heterocycles. The van der Waals surface area contributed by atoms with Crippen LogP contribution in [0.25, 0.3) is 0 Å². The fourth-order valence-corrected chi connectivity index (χ4v) is 3.51. The third-order valence-corrected chi connectivity index (χ3v) is 5.21. The number of aliphatic hydroxyl groups is 1. The van der Waals surface area contributed by atoms with Crippen molar-refractivity contribution in [1.82, 2.24) is 10.2 Å². The Kier molecular flexibility index (Phi) is 6.55. The summed E-state index contributed by atoms with van der Waals surface area (Å²) in [7, 11) is 2.81. The standard InChI is InChI=1S/C22H23FN2O6/c1-24-21(28)22(29,9-4-10-26)25-12-17-16(20(25)27)5-3-6-19(17)31-13-14-11-15(30-2)7-8-18(14)23/h3,5-8,10-11,29H,4,9,12-13H2,1-2H3,(H,24,28)/t22-/m0/s1.